The van der Waals surface area contributed by atoms with Crippen molar-refractivity contribution in [1.82, 2.24) is 4.98 Å². The van der Waals surface area contributed by atoms with Gasteiger partial charge in [0.1, 0.15) is 0 Å². The standard InChI is InChI=1S/C11H17N3O2S/c1-17-9-4-2-3-7-12-11-10(14(15)16)6-5-8-13-11/h5-6,8H,2-4,7,9H2,1H3,(H,12,13). The monoisotopic (exact) mass is 255 g/mol. The number of hydrogen-bond acceptors (Lipinski definition) is 5. The van der Waals surface area contributed by atoms with Crippen molar-refractivity contribution >= 4 is 23.3 Å². The van der Waals surface area contributed by atoms with Crippen LogP contribution in [0.3, 0.4) is 0 Å². The van der Waals surface area contributed by atoms with E-state index in [0.29, 0.717) is 5.82 Å². The van der Waals surface area contributed by atoms with Crippen LogP contribution in [0.15, 0.2) is 18.3 Å². The van der Waals surface area contributed by atoms with Gasteiger partial charge in [0, 0.05) is 18.8 Å². The third-order valence-corrected chi connectivity index (χ3v) is 3.00. The molecule has 0 aromatic carbocycles. The molecule has 0 atom stereocenters. The van der Waals surface area contributed by atoms with E-state index in [2.05, 4.69) is 16.6 Å². The predicted molar refractivity (Wildman–Crippen MR) is 71.6 cm³/mol. The number of pyridine rings is 1. The quantitative estimate of drug-likeness (QED) is 0.439. The fraction of sp³-hybridized carbons (Fsp3) is 0.545. The van der Waals surface area contributed by atoms with Crippen molar-refractivity contribution in [1.29, 1.82) is 0 Å². The maximum atomic E-state index is 10.7. The summed E-state index contributed by atoms with van der Waals surface area (Å²) in [4.78, 5) is 14.3. The number of unbranched alkanes of at least 4 members (excludes halogenated alkanes) is 2. The Hall–Kier alpha value is -1.30. The molecule has 0 bridgehead atoms. The highest BCUT2D eigenvalue weighted by atomic mass is 32.2. The van der Waals surface area contributed by atoms with Crippen LogP contribution in [0.4, 0.5) is 11.5 Å². The van der Waals surface area contributed by atoms with E-state index in [4.69, 9.17) is 0 Å². The second-order valence-electron chi connectivity index (χ2n) is 3.61. The van der Waals surface area contributed by atoms with Gasteiger partial charge in [-0.15, -0.1) is 0 Å². The van der Waals surface area contributed by atoms with Crippen molar-refractivity contribution in [3.05, 3.63) is 28.4 Å². The third-order valence-electron chi connectivity index (χ3n) is 2.30. The van der Waals surface area contributed by atoms with Gasteiger partial charge in [-0.05, 0) is 30.9 Å². The molecule has 1 N–H and O–H groups in total. The summed E-state index contributed by atoms with van der Waals surface area (Å²) in [5, 5.41) is 13.7. The number of nitro groups is 1. The molecule has 1 aromatic heterocycles. The predicted octanol–water partition coefficient (Wildman–Crippen LogP) is 2.94. The van der Waals surface area contributed by atoms with E-state index in [-0.39, 0.29) is 5.69 Å². The topological polar surface area (TPSA) is 68.1 Å². The molecule has 6 heteroatoms. The summed E-state index contributed by atoms with van der Waals surface area (Å²) in [5.41, 5.74) is 0.0385. The summed E-state index contributed by atoms with van der Waals surface area (Å²) in [7, 11) is 0. The minimum Gasteiger partial charge on any atom is -0.364 e. The molecular weight excluding hydrogens is 238 g/mol. The zero-order valence-corrected chi connectivity index (χ0v) is 10.7. The van der Waals surface area contributed by atoms with Crippen LogP contribution in [-0.2, 0) is 0 Å². The van der Waals surface area contributed by atoms with Crippen molar-refractivity contribution in [3.8, 4) is 0 Å². The Morgan fingerprint density at radius 3 is 3.00 bits per heavy atom. The Kier molecular flexibility index (Phi) is 6.39. The zero-order valence-electron chi connectivity index (χ0n) is 9.89. The van der Waals surface area contributed by atoms with E-state index in [9.17, 15) is 10.1 Å². The lowest BCUT2D eigenvalue weighted by Crippen LogP contribution is -2.06. The fourth-order valence-corrected chi connectivity index (χ4v) is 1.93. The summed E-state index contributed by atoms with van der Waals surface area (Å²) in [6.07, 6.45) is 6.98. The molecule has 0 amide bonds. The maximum Gasteiger partial charge on any atom is 0.311 e. The maximum absolute atomic E-state index is 10.7. The Morgan fingerprint density at radius 1 is 1.47 bits per heavy atom. The molecule has 94 valence electrons. The molecule has 0 aliphatic rings. The summed E-state index contributed by atoms with van der Waals surface area (Å²) in [5.74, 6) is 1.53. The lowest BCUT2D eigenvalue weighted by atomic mass is 10.2. The van der Waals surface area contributed by atoms with Gasteiger partial charge in [0.15, 0.2) is 0 Å². The van der Waals surface area contributed by atoms with Crippen LogP contribution in [0.1, 0.15) is 19.3 Å². The number of nitrogens with zero attached hydrogens (tertiary/aromatic N) is 2. The summed E-state index contributed by atoms with van der Waals surface area (Å²) in [6.45, 7) is 0.728. The second kappa shape index (κ2) is 7.89. The average Bonchev–Trinajstić information content (AvgIpc) is 2.34. The van der Waals surface area contributed by atoms with E-state index in [1.165, 1.54) is 18.2 Å². The molecule has 5 nitrogen and oxygen atoms in total. The van der Waals surface area contributed by atoms with Crippen LogP contribution in [-0.4, -0.2) is 28.5 Å². The van der Waals surface area contributed by atoms with Crippen LogP contribution in [0.5, 0.6) is 0 Å². The first-order valence-corrected chi connectivity index (χ1v) is 6.97. The van der Waals surface area contributed by atoms with Crippen molar-refractivity contribution in [2.45, 2.75) is 19.3 Å². The lowest BCUT2D eigenvalue weighted by molar-refractivity contribution is -0.384. The van der Waals surface area contributed by atoms with Crippen LogP contribution < -0.4 is 5.32 Å². The highest BCUT2D eigenvalue weighted by Crippen LogP contribution is 2.20. The van der Waals surface area contributed by atoms with E-state index in [1.54, 1.807) is 12.3 Å². The molecule has 1 rings (SSSR count). The largest absolute Gasteiger partial charge is 0.364 e. The number of aromatic nitrogens is 1. The molecule has 17 heavy (non-hydrogen) atoms. The van der Waals surface area contributed by atoms with Gasteiger partial charge in [-0.3, -0.25) is 10.1 Å². The van der Waals surface area contributed by atoms with Gasteiger partial charge in [0.05, 0.1) is 4.92 Å². The first kappa shape index (κ1) is 13.8. The first-order valence-electron chi connectivity index (χ1n) is 5.58. The first-order chi connectivity index (χ1) is 8.25. The Balaban J connectivity index is 2.34. The molecule has 0 radical (unpaired) electrons. The molecule has 0 aliphatic carbocycles. The van der Waals surface area contributed by atoms with E-state index in [1.807, 2.05) is 11.8 Å². The van der Waals surface area contributed by atoms with Crippen molar-refractivity contribution in [3.63, 3.8) is 0 Å². The Bertz CT molecular complexity index is 360. The zero-order chi connectivity index (χ0) is 12.5. The molecule has 0 unspecified atom stereocenters. The van der Waals surface area contributed by atoms with E-state index < -0.39 is 4.92 Å². The number of rotatable bonds is 8. The lowest BCUT2D eigenvalue weighted by Gasteiger charge is -2.05. The Labute approximate surface area is 105 Å². The van der Waals surface area contributed by atoms with Crippen molar-refractivity contribution in [2.24, 2.45) is 0 Å². The normalized spacial score (nSPS) is 10.2. The van der Waals surface area contributed by atoms with Gasteiger partial charge in [-0.25, -0.2) is 4.98 Å². The molecular formula is C11H17N3O2S. The van der Waals surface area contributed by atoms with Crippen LogP contribution in [0, 0.1) is 10.1 Å². The van der Waals surface area contributed by atoms with Crippen LogP contribution in [0.2, 0.25) is 0 Å². The molecule has 0 saturated carbocycles. The van der Waals surface area contributed by atoms with Crippen LogP contribution >= 0.6 is 11.8 Å². The van der Waals surface area contributed by atoms with Gasteiger partial charge in [-0.2, -0.15) is 11.8 Å². The smallest absolute Gasteiger partial charge is 0.311 e. The molecule has 0 spiro atoms. The summed E-state index contributed by atoms with van der Waals surface area (Å²) >= 11 is 1.84. The molecule has 0 saturated heterocycles. The number of anilines is 1. The number of thioether (sulfide) groups is 1. The molecule has 1 aromatic rings. The highest BCUT2D eigenvalue weighted by Gasteiger charge is 2.12. The summed E-state index contributed by atoms with van der Waals surface area (Å²) in [6, 6.07) is 3.03. The minimum atomic E-state index is -0.414. The fourth-order valence-electron chi connectivity index (χ4n) is 1.44. The average molecular weight is 255 g/mol. The van der Waals surface area contributed by atoms with Gasteiger partial charge < -0.3 is 5.32 Å². The Morgan fingerprint density at radius 2 is 2.29 bits per heavy atom. The molecule has 1 heterocycles. The van der Waals surface area contributed by atoms with Crippen LogP contribution in [0.25, 0.3) is 0 Å². The molecule has 0 fully saturated rings. The van der Waals surface area contributed by atoms with E-state index in [0.717, 1.165) is 19.4 Å². The third kappa shape index (κ3) is 5.04. The van der Waals surface area contributed by atoms with Gasteiger partial charge in [-0.1, -0.05) is 6.42 Å². The van der Waals surface area contributed by atoms with Crippen molar-refractivity contribution < 1.29 is 4.92 Å². The number of hydrogen-bond donors (Lipinski definition) is 1. The van der Waals surface area contributed by atoms with Crippen molar-refractivity contribution in [2.75, 3.05) is 23.9 Å². The summed E-state index contributed by atoms with van der Waals surface area (Å²) < 4.78 is 0. The number of nitrogens with one attached hydrogen (secondary N) is 1. The second-order valence-corrected chi connectivity index (χ2v) is 4.59. The highest BCUT2D eigenvalue weighted by molar-refractivity contribution is 7.98. The van der Waals surface area contributed by atoms with Gasteiger partial charge >= 0.3 is 5.69 Å². The minimum absolute atomic E-state index is 0.0385. The SMILES string of the molecule is CSCCCCCNc1ncccc1[N+](=O)[O-]. The van der Waals surface area contributed by atoms with E-state index >= 15 is 0 Å². The van der Waals surface area contributed by atoms with Gasteiger partial charge in [0.2, 0.25) is 5.82 Å². The molecule has 0 aliphatic heterocycles. The van der Waals surface area contributed by atoms with Gasteiger partial charge in [0.25, 0.3) is 0 Å².